The molecule has 13 heavy (non-hydrogen) atoms. The summed E-state index contributed by atoms with van der Waals surface area (Å²) in [7, 11) is 0. The van der Waals surface area contributed by atoms with Gasteiger partial charge in [-0.05, 0) is 0 Å². The van der Waals surface area contributed by atoms with Gasteiger partial charge in [-0.15, -0.1) is 0 Å². The molecule has 7 nitrogen and oxygen atoms in total. The maximum Gasteiger partial charge on any atom is 0.208 e. The third-order valence-electron chi connectivity index (χ3n) is 1.89. The van der Waals surface area contributed by atoms with Crippen LogP contribution in [0.4, 0.5) is 0 Å². The highest BCUT2D eigenvalue weighted by molar-refractivity contribution is 5.48. The van der Waals surface area contributed by atoms with Gasteiger partial charge in [0.25, 0.3) is 0 Å². The van der Waals surface area contributed by atoms with Crippen LogP contribution < -0.4 is 16.0 Å². The first kappa shape index (κ1) is 9.90. The molecule has 0 saturated carbocycles. The molecule has 74 valence electrons. The minimum absolute atomic E-state index is 0.400. The molecular weight excluding hydrogens is 178 g/mol. The predicted octanol–water partition coefficient (Wildman–Crippen LogP) is -3.54. The molecule has 0 aromatic carbocycles. The zero-order chi connectivity index (χ0) is 9.84. The lowest BCUT2D eigenvalue weighted by molar-refractivity contribution is -0.112. The average molecular weight is 189 g/mol. The third-order valence-corrected chi connectivity index (χ3v) is 1.89. The second kappa shape index (κ2) is 4.17. The maximum atomic E-state index is 10.0. The molecule has 1 rings (SSSR count). The number of carbonyl (C=O) groups excluding carboxylic acids is 2. The van der Waals surface area contributed by atoms with E-state index in [2.05, 4.69) is 16.0 Å². The van der Waals surface area contributed by atoms with E-state index in [4.69, 9.17) is 0 Å². The van der Waals surface area contributed by atoms with Gasteiger partial charge < -0.3 is 20.8 Å². The van der Waals surface area contributed by atoms with Gasteiger partial charge in [-0.2, -0.15) is 0 Å². The van der Waals surface area contributed by atoms with Crippen molar-refractivity contribution in [3.8, 4) is 0 Å². The maximum absolute atomic E-state index is 10.0. The molecule has 0 aromatic heterocycles. The highest BCUT2D eigenvalue weighted by Crippen LogP contribution is 2.09. The molecule has 1 saturated heterocycles. The van der Waals surface area contributed by atoms with Crippen LogP contribution in [0.1, 0.15) is 0 Å². The van der Waals surface area contributed by atoms with Crippen molar-refractivity contribution in [1.82, 2.24) is 16.0 Å². The molecule has 0 spiro atoms. The Morgan fingerprint density at radius 1 is 1.00 bits per heavy atom. The summed E-state index contributed by atoms with van der Waals surface area (Å²) in [6.45, 7) is 0. The highest BCUT2D eigenvalue weighted by atomic mass is 16.3. The molecule has 0 aliphatic carbocycles. The number of amides is 2. The molecule has 1 aliphatic heterocycles. The fourth-order valence-corrected chi connectivity index (χ4v) is 1.22. The van der Waals surface area contributed by atoms with Gasteiger partial charge in [0.15, 0.2) is 0 Å². The van der Waals surface area contributed by atoms with Crippen LogP contribution in [-0.2, 0) is 9.59 Å². The van der Waals surface area contributed by atoms with Crippen LogP contribution in [0.2, 0.25) is 0 Å². The summed E-state index contributed by atoms with van der Waals surface area (Å²) in [6.07, 6.45) is -2.96. The van der Waals surface area contributed by atoms with Crippen molar-refractivity contribution in [1.29, 1.82) is 0 Å². The summed E-state index contributed by atoms with van der Waals surface area (Å²) in [4.78, 5) is 20.1. The fourth-order valence-electron chi connectivity index (χ4n) is 1.22. The van der Waals surface area contributed by atoms with E-state index in [0.717, 1.165) is 0 Å². The molecule has 1 heterocycles. The summed E-state index contributed by atoms with van der Waals surface area (Å²) >= 11 is 0. The molecule has 0 bridgehead atoms. The lowest BCUT2D eigenvalue weighted by atomic mass is 10.2. The molecule has 4 atom stereocenters. The van der Waals surface area contributed by atoms with Crippen LogP contribution in [0, 0.1) is 0 Å². The Hall–Kier alpha value is -1.18. The van der Waals surface area contributed by atoms with E-state index >= 15 is 0 Å². The lowest BCUT2D eigenvalue weighted by Crippen LogP contribution is -2.48. The van der Waals surface area contributed by atoms with Crippen molar-refractivity contribution in [3.05, 3.63) is 0 Å². The van der Waals surface area contributed by atoms with Gasteiger partial charge in [0.05, 0.1) is 0 Å². The SMILES string of the molecule is O=CNC1NC(NC=O)C(O)C1O. The van der Waals surface area contributed by atoms with Crippen molar-refractivity contribution < 1.29 is 19.8 Å². The van der Waals surface area contributed by atoms with E-state index in [1.165, 1.54) is 0 Å². The normalized spacial score (nSPS) is 38.3. The monoisotopic (exact) mass is 189 g/mol. The Bertz CT molecular complexity index is 180. The molecule has 7 heteroatoms. The molecule has 0 aromatic rings. The largest absolute Gasteiger partial charge is 0.387 e. The smallest absolute Gasteiger partial charge is 0.208 e. The number of aliphatic hydroxyl groups excluding tert-OH is 2. The third kappa shape index (κ3) is 1.94. The molecule has 4 unspecified atom stereocenters. The minimum atomic E-state index is -1.14. The van der Waals surface area contributed by atoms with Gasteiger partial charge in [-0.3, -0.25) is 14.9 Å². The number of aliphatic hydroxyl groups is 2. The van der Waals surface area contributed by atoms with E-state index < -0.39 is 24.5 Å². The highest BCUT2D eigenvalue weighted by Gasteiger charge is 2.40. The summed E-state index contributed by atoms with van der Waals surface area (Å²) in [6, 6.07) is 0. The molecule has 0 radical (unpaired) electrons. The Morgan fingerprint density at radius 3 is 1.69 bits per heavy atom. The fraction of sp³-hybridized carbons (Fsp3) is 0.667. The number of hydrogen-bond acceptors (Lipinski definition) is 5. The van der Waals surface area contributed by atoms with Crippen molar-refractivity contribution in [2.75, 3.05) is 0 Å². The van der Waals surface area contributed by atoms with Crippen LogP contribution >= 0.6 is 0 Å². The van der Waals surface area contributed by atoms with Crippen molar-refractivity contribution in [2.24, 2.45) is 0 Å². The van der Waals surface area contributed by atoms with Gasteiger partial charge >= 0.3 is 0 Å². The molecule has 1 fully saturated rings. The van der Waals surface area contributed by atoms with E-state index in [1.54, 1.807) is 0 Å². The number of rotatable bonds is 4. The van der Waals surface area contributed by atoms with Gasteiger partial charge in [-0.25, -0.2) is 0 Å². The Kier molecular flexibility index (Phi) is 3.18. The van der Waals surface area contributed by atoms with Crippen LogP contribution in [0.5, 0.6) is 0 Å². The van der Waals surface area contributed by atoms with Crippen LogP contribution in [0.15, 0.2) is 0 Å². The van der Waals surface area contributed by atoms with E-state index in [0.29, 0.717) is 12.8 Å². The molecular formula is C6H11N3O4. The van der Waals surface area contributed by atoms with E-state index in [9.17, 15) is 19.8 Å². The number of hydrogen-bond donors (Lipinski definition) is 5. The second-order valence-electron chi connectivity index (χ2n) is 2.67. The zero-order valence-electron chi connectivity index (χ0n) is 6.68. The first-order valence-corrected chi connectivity index (χ1v) is 3.72. The summed E-state index contributed by atoms with van der Waals surface area (Å²) in [5.74, 6) is 0. The van der Waals surface area contributed by atoms with Gasteiger partial charge in [0, 0.05) is 0 Å². The summed E-state index contributed by atoms with van der Waals surface area (Å²) < 4.78 is 0. The van der Waals surface area contributed by atoms with Crippen LogP contribution in [0.3, 0.4) is 0 Å². The lowest BCUT2D eigenvalue weighted by Gasteiger charge is -2.13. The first-order chi connectivity index (χ1) is 6.20. The molecule has 1 aliphatic rings. The van der Waals surface area contributed by atoms with Gasteiger partial charge in [0.1, 0.15) is 24.5 Å². The first-order valence-electron chi connectivity index (χ1n) is 3.72. The summed E-state index contributed by atoms with van der Waals surface area (Å²) in [5, 5.41) is 25.7. The standard InChI is InChI=1S/C6H11N3O4/c10-1-7-5-3(12)4(13)6(9-5)8-2-11/h1-6,9,12-13H,(H,7,10)(H,8,11). The second-order valence-corrected chi connectivity index (χ2v) is 2.67. The number of nitrogens with one attached hydrogen (secondary N) is 3. The van der Waals surface area contributed by atoms with Crippen LogP contribution in [0.25, 0.3) is 0 Å². The van der Waals surface area contributed by atoms with Crippen molar-refractivity contribution in [3.63, 3.8) is 0 Å². The van der Waals surface area contributed by atoms with Gasteiger partial charge in [0.2, 0.25) is 12.8 Å². The Labute approximate surface area is 74.1 Å². The number of carbonyl (C=O) groups is 2. The van der Waals surface area contributed by atoms with Crippen molar-refractivity contribution >= 4 is 12.8 Å². The van der Waals surface area contributed by atoms with E-state index in [1.807, 2.05) is 0 Å². The van der Waals surface area contributed by atoms with Crippen LogP contribution in [-0.4, -0.2) is 47.6 Å². The molecule has 5 N–H and O–H groups in total. The minimum Gasteiger partial charge on any atom is -0.387 e. The van der Waals surface area contributed by atoms with Crippen molar-refractivity contribution in [2.45, 2.75) is 24.5 Å². The predicted molar refractivity (Wildman–Crippen MR) is 41.1 cm³/mol. The average Bonchev–Trinajstić information content (AvgIpc) is 2.36. The topological polar surface area (TPSA) is 111 Å². The Balaban J connectivity index is 2.54. The van der Waals surface area contributed by atoms with E-state index in [-0.39, 0.29) is 0 Å². The molecule has 2 amide bonds. The zero-order valence-corrected chi connectivity index (χ0v) is 6.68. The quantitative estimate of drug-likeness (QED) is 0.294. The Morgan fingerprint density at radius 2 is 1.38 bits per heavy atom. The van der Waals surface area contributed by atoms with Gasteiger partial charge in [-0.1, -0.05) is 0 Å². The summed E-state index contributed by atoms with van der Waals surface area (Å²) in [5.41, 5.74) is 0.